The van der Waals surface area contributed by atoms with Crippen LogP contribution in [0.25, 0.3) is 0 Å². The van der Waals surface area contributed by atoms with Gasteiger partial charge in [0.15, 0.2) is 0 Å². The lowest BCUT2D eigenvalue weighted by atomic mass is 10.1. The van der Waals surface area contributed by atoms with Crippen LogP contribution >= 0.6 is 0 Å². The van der Waals surface area contributed by atoms with Crippen molar-refractivity contribution in [1.82, 2.24) is 4.98 Å². The van der Waals surface area contributed by atoms with Gasteiger partial charge in [-0.3, -0.25) is 4.98 Å². The summed E-state index contributed by atoms with van der Waals surface area (Å²) in [4.78, 5) is 14.5. The van der Waals surface area contributed by atoms with Crippen molar-refractivity contribution >= 4 is 5.97 Å². The number of hydrogen-bond donors (Lipinski definition) is 2. The lowest BCUT2D eigenvalue weighted by Gasteiger charge is -2.03. The van der Waals surface area contributed by atoms with Gasteiger partial charge < -0.3 is 5.11 Å². The highest BCUT2D eigenvalue weighted by molar-refractivity contribution is 5.88. The molecule has 0 aliphatic rings. The van der Waals surface area contributed by atoms with Crippen molar-refractivity contribution in [2.45, 2.75) is 13.3 Å². The van der Waals surface area contributed by atoms with E-state index in [2.05, 4.69) is 4.98 Å². The maximum Gasteiger partial charge on any atom is 0.337 e. The number of aromatic carboxylic acids is 1. The summed E-state index contributed by atoms with van der Waals surface area (Å²) in [5, 5.41) is 8.66. The topological polar surface area (TPSA) is 140 Å². The molecular weight excluding hydrogens is 242 g/mol. The SMILES string of the molecule is CCc1ncccc1C(=O)O.[O-][Cl+3]([O-])([O-])O. The van der Waals surface area contributed by atoms with Crippen LogP contribution in [-0.2, 0) is 6.42 Å². The maximum atomic E-state index is 10.5. The van der Waals surface area contributed by atoms with Crippen molar-refractivity contribution in [3.05, 3.63) is 29.6 Å². The number of carboxylic acids is 1. The molecule has 0 aromatic carbocycles. The minimum atomic E-state index is -4.69. The number of hydrogen-bond acceptors (Lipinski definition) is 6. The number of aryl methyl sites for hydroxylation is 1. The zero-order chi connectivity index (χ0) is 12.8. The predicted octanol–water partition coefficient (Wildman–Crippen LogP) is -2.78. The molecule has 0 unspecified atom stereocenters. The van der Waals surface area contributed by atoms with Crippen LogP contribution in [-0.4, -0.2) is 20.7 Å². The second kappa shape index (κ2) is 6.36. The van der Waals surface area contributed by atoms with Crippen molar-refractivity contribution in [1.29, 1.82) is 0 Å². The third-order valence-electron chi connectivity index (χ3n) is 1.46. The van der Waals surface area contributed by atoms with E-state index in [0.717, 1.165) is 0 Å². The van der Waals surface area contributed by atoms with Gasteiger partial charge in [-0.2, -0.15) is 14.0 Å². The highest BCUT2D eigenvalue weighted by atomic mass is 35.7. The molecular formula is C8H10ClNO6. The van der Waals surface area contributed by atoms with Crippen LogP contribution in [0.3, 0.4) is 0 Å². The average Bonchev–Trinajstić information content (AvgIpc) is 2.15. The van der Waals surface area contributed by atoms with E-state index in [4.69, 9.17) is 23.7 Å². The predicted molar refractivity (Wildman–Crippen MR) is 42.8 cm³/mol. The Labute approximate surface area is 93.3 Å². The zero-order valence-corrected chi connectivity index (χ0v) is 9.05. The highest BCUT2D eigenvalue weighted by Gasteiger charge is 2.07. The Hall–Kier alpha value is -1.25. The summed E-state index contributed by atoms with van der Waals surface area (Å²) < 4.78 is 32.7. The second-order valence-corrected chi connectivity index (χ2v) is 3.34. The first-order valence-corrected chi connectivity index (χ1v) is 5.32. The van der Waals surface area contributed by atoms with Gasteiger partial charge in [0.2, 0.25) is 0 Å². The summed E-state index contributed by atoms with van der Waals surface area (Å²) in [6.07, 6.45) is 2.26. The fraction of sp³-hybridized carbons (Fsp3) is 0.250. The zero-order valence-electron chi connectivity index (χ0n) is 8.29. The van der Waals surface area contributed by atoms with E-state index < -0.39 is 16.2 Å². The van der Waals surface area contributed by atoms with E-state index in [9.17, 15) is 4.79 Å². The van der Waals surface area contributed by atoms with Crippen LogP contribution in [0.1, 0.15) is 23.0 Å². The fourth-order valence-electron chi connectivity index (χ4n) is 0.914. The van der Waals surface area contributed by atoms with Gasteiger partial charge in [0.05, 0.1) is 26.2 Å². The smallest absolute Gasteiger partial charge is 0.337 e. The molecule has 0 saturated heterocycles. The van der Waals surface area contributed by atoms with Crippen molar-refractivity contribution in [3.8, 4) is 0 Å². The molecule has 7 nitrogen and oxygen atoms in total. The van der Waals surface area contributed by atoms with Gasteiger partial charge in [0.25, 0.3) is 0 Å². The van der Waals surface area contributed by atoms with Crippen LogP contribution in [0.15, 0.2) is 18.3 Å². The summed E-state index contributed by atoms with van der Waals surface area (Å²) in [6, 6.07) is 3.19. The monoisotopic (exact) mass is 251 g/mol. The molecule has 1 aromatic heterocycles. The molecule has 0 atom stereocenters. The summed E-state index contributed by atoms with van der Waals surface area (Å²) >= 11 is 0. The minimum Gasteiger partial charge on any atom is -0.478 e. The first-order valence-electron chi connectivity index (χ1n) is 4.06. The molecule has 0 bridgehead atoms. The molecule has 0 spiro atoms. The van der Waals surface area contributed by atoms with Crippen molar-refractivity contribution in [3.63, 3.8) is 0 Å². The summed E-state index contributed by atoms with van der Waals surface area (Å²) in [5.74, 6) is -0.907. The number of carboxylic acid groups (broad SMARTS) is 1. The lowest BCUT2D eigenvalue weighted by molar-refractivity contribution is -1.92. The Balaban J connectivity index is 0.000000385. The number of halogens is 1. The third kappa shape index (κ3) is 7.10. The van der Waals surface area contributed by atoms with Crippen LogP contribution in [0, 0.1) is 10.2 Å². The van der Waals surface area contributed by atoms with Crippen molar-refractivity contribution in [2.75, 3.05) is 0 Å². The van der Waals surface area contributed by atoms with Crippen LogP contribution in [0.5, 0.6) is 0 Å². The van der Waals surface area contributed by atoms with Gasteiger partial charge >= 0.3 is 5.97 Å². The van der Waals surface area contributed by atoms with E-state index in [1.165, 1.54) is 0 Å². The maximum absolute atomic E-state index is 10.5. The lowest BCUT2D eigenvalue weighted by Crippen LogP contribution is -2.58. The largest absolute Gasteiger partial charge is 0.478 e. The van der Waals surface area contributed by atoms with Gasteiger partial charge in [-0.1, -0.05) is 6.92 Å². The Kier molecular flexibility index (Phi) is 5.86. The molecule has 0 amide bonds. The fourth-order valence-corrected chi connectivity index (χ4v) is 0.914. The third-order valence-corrected chi connectivity index (χ3v) is 1.46. The summed E-state index contributed by atoms with van der Waals surface area (Å²) in [6.45, 7) is 1.88. The van der Waals surface area contributed by atoms with Gasteiger partial charge in [-0.05, 0) is 18.6 Å². The van der Waals surface area contributed by atoms with E-state index >= 15 is 0 Å². The minimum absolute atomic E-state index is 0.301. The van der Waals surface area contributed by atoms with E-state index in [0.29, 0.717) is 17.7 Å². The number of rotatable bonds is 2. The summed E-state index contributed by atoms with van der Waals surface area (Å²) in [5.41, 5.74) is 0.940. The first kappa shape index (κ1) is 14.8. The molecule has 1 aromatic rings. The van der Waals surface area contributed by atoms with Crippen molar-refractivity contribution in [2.24, 2.45) is 0 Å². The molecule has 1 heterocycles. The summed E-state index contributed by atoms with van der Waals surface area (Å²) in [7, 11) is -4.69. The van der Waals surface area contributed by atoms with Crippen molar-refractivity contribution < 1.29 is 38.8 Å². The van der Waals surface area contributed by atoms with E-state index in [-0.39, 0.29) is 0 Å². The number of pyridine rings is 1. The standard InChI is InChI=1S/C8H9NO2.ClHO4/c1-2-7-6(8(10)11)4-3-5-9-7;2-1(3,4)5/h3-5H,2H2,1H3,(H,10,11);(H,2,3,4,5). The highest BCUT2D eigenvalue weighted by Crippen LogP contribution is 2.04. The Morgan fingerprint density at radius 1 is 1.50 bits per heavy atom. The van der Waals surface area contributed by atoms with E-state index in [1.807, 2.05) is 6.92 Å². The molecule has 8 heteroatoms. The Bertz CT molecular complexity index is 345. The Morgan fingerprint density at radius 3 is 2.31 bits per heavy atom. The van der Waals surface area contributed by atoms with Crippen LogP contribution in [0.4, 0.5) is 0 Å². The molecule has 0 aliphatic carbocycles. The van der Waals surface area contributed by atoms with Crippen LogP contribution in [0.2, 0.25) is 0 Å². The molecule has 0 saturated carbocycles. The molecule has 1 rings (SSSR count). The van der Waals surface area contributed by atoms with Gasteiger partial charge in [0.1, 0.15) is 0 Å². The van der Waals surface area contributed by atoms with Gasteiger partial charge in [-0.15, -0.1) is 0 Å². The van der Waals surface area contributed by atoms with Crippen LogP contribution < -0.4 is 14.0 Å². The van der Waals surface area contributed by atoms with Gasteiger partial charge in [-0.25, -0.2) is 4.79 Å². The molecule has 16 heavy (non-hydrogen) atoms. The molecule has 90 valence electrons. The quantitative estimate of drug-likeness (QED) is 0.579. The molecule has 2 N–H and O–H groups in total. The Morgan fingerprint density at radius 2 is 2.00 bits per heavy atom. The normalized spacial score (nSPS) is 10.3. The second-order valence-electron chi connectivity index (χ2n) is 2.55. The first-order chi connectivity index (χ1) is 7.25. The molecule has 0 radical (unpaired) electrons. The number of aromatic nitrogens is 1. The number of nitrogens with zero attached hydrogens (tertiary/aromatic N) is 1. The van der Waals surface area contributed by atoms with Gasteiger partial charge in [0, 0.05) is 6.20 Å². The van der Waals surface area contributed by atoms with E-state index in [1.54, 1.807) is 18.3 Å². The average molecular weight is 252 g/mol. The molecule has 0 aliphatic heterocycles. The molecule has 0 fully saturated rings. The number of carbonyl (C=O) groups is 1.